The number of carbonyl (C=O) groups is 3. The third-order valence-corrected chi connectivity index (χ3v) is 2.47. The molecule has 1 rings (SSSR count). The number of ether oxygens (including phenoxy) is 1. The summed E-state index contributed by atoms with van der Waals surface area (Å²) in [5.41, 5.74) is 6.57. The molecule has 0 saturated carbocycles. The third-order valence-electron chi connectivity index (χ3n) is 2.47. The number of carbonyl (C=O) groups excluding carboxylic acids is 3. The van der Waals surface area contributed by atoms with Gasteiger partial charge in [0.05, 0.1) is 17.9 Å². The van der Waals surface area contributed by atoms with E-state index in [2.05, 4.69) is 20.9 Å². The molecule has 0 aliphatic heterocycles. The number of nitrogens with one attached hydrogen (secondary N) is 3. The van der Waals surface area contributed by atoms with E-state index in [-0.39, 0.29) is 12.2 Å². The monoisotopic (exact) mass is 279 g/mol. The highest BCUT2D eigenvalue weighted by atomic mass is 16.5. The second kappa shape index (κ2) is 7.13. The lowest BCUT2D eigenvalue weighted by molar-refractivity contribution is -0.105. The van der Waals surface area contributed by atoms with Crippen LogP contribution in [0.15, 0.2) is 12.1 Å². The molecular weight excluding hydrogens is 262 g/mol. The van der Waals surface area contributed by atoms with Crippen molar-refractivity contribution in [2.75, 3.05) is 11.9 Å². The number of hydrazine groups is 1. The summed E-state index contributed by atoms with van der Waals surface area (Å²) in [6.45, 7) is 5.44. The zero-order chi connectivity index (χ0) is 15.1. The molecule has 0 spiro atoms. The molecule has 0 bridgehead atoms. The predicted octanol–water partition coefficient (Wildman–Crippen LogP) is 1.26. The maximum absolute atomic E-state index is 12.0. The molecule has 0 atom stereocenters. The van der Waals surface area contributed by atoms with E-state index >= 15 is 0 Å². The average molecular weight is 279 g/mol. The zero-order valence-electron chi connectivity index (χ0n) is 11.6. The van der Waals surface area contributed by atoms with Crippen molar-refractivity contribution in [3.63, 3.8) is 0 Å². The van der Waals surface area contributed by atoms with Crippen LogP contribution in [0.5, 0.6) is 0 Å². The van der Waals surface area contributed by atoms with E-state index in [1.807, 2.05) is 6.92 Å². The Kier molecular flexibility index (Phi) is 5.52. The van der Waals surface area contributed by atoms with E-state index in [9.17, 15) is 14.4 Å². The van der Waals surface area contributed by atoms with Gasteiger partial charge < -0.3 is 10.1 Å². The fourth-order valence-corrected chi connectivity index (χ4v) is 1.78. The van der Waals surface area contributed by atoms with Gasteiger partial charge in [0.2, 0.25) is 6.41 Å². The molecule has 3 N–H and O–H groups in total. The molecule has 1 aromatic rings. The first-order valence-electron chi connectivity index (χ1n) is 6.04. The Morgan fingerprint density at radius 3 is 2.55 bits per heavy atom. The van der Waals surface area contributed by atoms with Crippen LogP contribution >= 0.6 is 0 Å². The summed E-state index contributed by atoms with van der Waals surface area (Å²) >= 11 is 0. The van der Waals surface area contributed by atoms with Crippen molar-refractivity contribution in [1.29, 1.82) is 0 Å². The minimum absolute atomic E-state index is 0.198. The first kappa shape index (κ1) is 15.5. The Hall–Kier alpha value is -2.57. The maximum Gasteiger partial charge on any atom is 0.426 e. The highest BCUT2D eigenvalue weighted by Gasteiger charge is 2.15. The van der Waals surface area contributed by atoms with Crippen molar-refractivity contribution in [1.82, 2.24) is 10.9 Å². The van der Waals surface area contributed by atoms with Crippen molar-refractivity contribution in [3.8, 4) is 0 Å². The summed E-state index contributed by atoms with van der Waals surface area (Å²) in [6, 6.07) is 3.47. The summed E-state index contributed by atoms with van der Waals surface area (Å²) in [6.07, 6.45) is -0.264. The number of benzene rings is 1. The number of rotatable bonds is 4. The first-order chi connectivity index (χ1) is 9.49. The molecule has 0 aliphatic carbocycles. The van der Waals surface area contributed by atoms with Crippen LogP contribution in [0, 0.1) is 13.8 Å². The normalized spacial score (nSPS) is 9.55. The van der Waals surface area contributed by atoms with E-state index in [0.717, 1.165) is 5.56 Å². The van der Waals surface area contributed by atoms with Gasteiger partial charge in [0.15, 0.2) is 0 Å². The van der Waals surface area contributed by atoms with Crippen molar-refractivity contribution in [3.05, 3.63) is 28.8 Å². The van der Waals surface area contributed by atoms with E-state index in [4.69, 9.17) is 0 Å². The van der Waals surface area contributed by atoms with Gasteiger partial charge >= 0.3 is 6.09 Å². The molecular formula is C13H17N3O4. The number of hydrogen-bond acceptors (Lipinski definition) is 4. The second-order valence-electron chi connectivity index (χ2n) is 4.07. The fourth-order valence-electron chi connectivity index (χ4n) is 1.78. The van der Waals surface area contributed by atoms with Crippen molar-refractivity contribution >= 4 is 24.1 Å². The van der Waals surface area contributed by atoms with Crippen LogP contribution in [-0.4, -0.2) is 25.0 Å². The van der Waals surface area contributed by atoms with Gasteiger partial charge in [-0.05, 0) is 38.0 Å². The number of anilines is 1. The standard InChI is InChI=1S/C13H17N3O4/c1-4-20-13(19)16-15-12(18)11-9(3)5-8(2)6-10(11)14-7-17/h5-7H,4H2,1-3H3,(H,14,17)(H,15,18)(H,16,19). The SMILES string of the molecule is CCOC(=O)NNC(=O)c1c(C)cc(C)cc1NC=O. The quantitative estimate of drug-likeness (QED) is 0.571. The predicted molar refractivity (Wildman–Crippen MR) is 73.2 cm³/mol. The second-order valence-corrected chi connectivity index (χ2v) is 4.07. The minimum atomic E-state index is -0.754. The Morgan fingerprint density at radius 2 is 1.95 bits per heavy atom. The molecule has 0 saturated heterocycles. The van der Waals surface area contributed by atoms with E-state index in [1.54, 1.807) is 26.0 Å². The largest absolute Gasteiger partial charge is 0.449 e. The summed E-state index contributed by atoms with van der Waals surface area (Å²) in [7, 11) is 0. The first-order valence-corrected chi connectivity index (χ1v) is 6.04. The van der Waals surface area contributed by atoms with Gasteiger partial charge in [0.1, 0.15) is 0 Å². The molecule has 7 nitrogen and oxygen atoms in total. The Labute approximate surface area is 116 Å². The fraction of sp³-hybridized carbons (Fsp3) is 0.308. The molecule has 20 heavy (non-hydrogen) atoms. The lowest BCUT2D eigenvalue weighted by Crippen LogP contribution is -2.42. The summed E-state index contributed by atoms with van der Waals surface area (Å²) in [4.78, 5) is 33.7. The van der Waals surface area contributed by atoms with Crippen LogP contribution in [-0.2, 0) is 9.53 Å². The van der Waals surface area contributed by atoms with Crippen LogP contribution in [0.2, 0.25) is 0 Å². The lowest BCUT2D eigenvalue weighted by atomic mass is 10.0. The Morgan fingerprint density at radius 1 is 1.25 bits per heavy atom. The molecule has 0 radical (unpaired) electrons. The highest BCUT2D eigenvalue weighted by molar-refractivity contribution is 6.03. The Balaban J connectivity index is 2.91. The molecule has 0 aliphatic rings. The van der Waals surface area contributed by atoms with Crippen molar-refractivity contribution in [2.24, 2.45) is 0 Å². The smallest absolute Gasteiger partial charge is 0.426 e. The Bertz CT molecular complexity index is 529. The van der Waals surface area contributed by atoms with Gasteiger partial charge in [-0.25, -0.2) is 10.2 Å². The van der Waals surface area contributed by atoms with Gasteiger partial charge in [-0.1, -0.05) is 6.07 Å². The summed E-state index contributed by atoms with van der Waals surface area (Å²) in [5.74, 6) is -0.542. The summed E-state index contributed by atoms with van der Waals surface area (Å²) < 4.78 is 4.62. The minimum Gasteiger partial charge on any atom is -0.449 e. The molecule has 7 heteroatoms. The zero-order valence-corrected chi connectivity index (χ0v) is 11.6. The number of aryl methyl sites for hydroxylation is 2. The molecule has 0 heterocycles. The van der Waals surface area contributed by atoms with E-state index in [0.29, 0.717) is 17.7 Å². The van der Waals surface area contributed by atoms with Crippen molar-refractivity contribution in [2.45, 2.75) is 20.8 Å². The van der Waals surface area contributed by atoms with Gasteiger partial charge in [0.25, 0.3) is 5.91 Å². The average Bonchev–Trinajstić information content (AvgIpc) is 2.36. The number of hydrogen-bond donors (Lipinski definition) is 3. The molecule has 1 aromatic carbocycles. The summed E-state index contributed by atoms with van der Waals surface area (Å²) in [5, 5.41) is 2.47. The molecule has 108 valence electrons. The number of amides is 3. The maximum atomic E-state index is 12.0. The van der Waals surface area contributed by atoms with Crippen LogP contribution in [0.4, 0.5) is 10.5 Å². The topological polar surface area (TPSA) is 96.5 Å². The van der Waals surface area contributed by atoms with E-state index in [1.165, 1.54) is 0 Å². The third kappa shape index (κ3) is 3.98. The van der Waals surface area contributed by atoms with Gasteiger partial charge in [-0.15, -0.1) is 0 Å². The van der Waals surface area contributed by atoms with Gasteiger partial charge in [-0.3, -0.25) is 15.0 Å². The highest BCUT2D eigenvalue weighted by Crippen LogP contribution is 2.21. The molecule has 0 fully saturated rings. The molecule has 3 amide bonds. The van der Waals surface area contributed by atoms with Crippen LogP contribution in [0.25, 0.3) is 0 Å². The van der Waals surface area contributed by atoms with Crippen molar-refractivity contribution < 1.29 is 19.1 Å². The van der Waals surface area contributed by atoms with E-state index < -0.39 is 12.0 Å². The van der Waals surface area contributed by atoms with Crippen LogP contribution < -0.4 is 16.2 Å². The van der Waals surface area contributed by atoms with Crippen LogP contribution in [0.3, 0.4) is 0 Å². The molecule has 0 unspecified atom stereocenters. The van der Waals surface area contributed by atoms with Gasteiger partial charge in [-0.2, -0.15) is 0 Å². The van der Waals surface area contributed by atoms with Crippen LogP contribution in [0.1, 0.15) is 28.4 Å². The van der Waals surface area contributed by atoms with Gasteiger partial charge in [0, 0.05) is 0 Å². The lowest BCUT2D eigenvalue weighted by Gasteiger charge is -2.13. The molecule has 0 aromatic heterocycles.